The van der Waals surface area contributed by atoms with Crippen LogP contribution in [0.2, 0.25) is 0 Å². The number of nitrogens with one attached hydrogen (secondary N) is 1. The third-order valence-electron chi connectivity index (χ3n) is 5.80. The van der Waals surface area contributed by atoms with Crippen LogP contribution in [0.15, 0.2) is 71.9 Å². The number of alkyl halides is 3. The number of benzene rings is 3. The van der Waals surface area contributed by atoms with Gasteiger partial charge in [-0.25, -0.2) is 4.98 Å². The van der Waals surface area contributed by atoms with Crippen molar-refractivity contribution in [3.8, 4) is 11.5 Å². The fourth-order valence-electron chi connectivity index (χ4n) is 4.10. The van der Waals surface area contributed by atoms with E-state index >= 15 is 0 Å². The normalized spacial score (nSPS) is 12.2. The number of nitrogens with zero attached hydrogens (tertiary/aromatic N) is 3. The number of carbonyl (C=O) groups is 1. The van der Waals surface area contributed by atoms with Crippen LogP contribution >= 0.6 is 0 Å². The Hall–Kier alpha value is -4.41. The number of ether oxygens (including phenoxy) is 2. The Labute approximate surface area is 210 Å². The van der Waals surface area contributed by atoms with Crippen LogP contribution in [0.5, 0.6) is 11.5 Å². The lowest BCUT2D eigenvalue weighted by Gasteiger charge is -2.21. The molecule has 0 saturated heterocycles. The minimum absolute atomic E-state index is 0.00914. The number of rotatable bonds is 9. The smallest absolute Gasteiger partial charge is 0.496 e. The molecule has 1 unspecified atom stereocenters. The molecule has 1 N–H and O–H groups in total. The summed E-state index contributed by atoms with van der Waals surface area (Å²) in [5.74, 6) is 0.0716. The number of methoxy groups -OCH3 is 1. The van der Waals surface area contributed by atoms with Gasteiger partial charge < -0.3 is 19.4 Å². The van der Waals surface area contributed by atoms with Gasteiger partial charge in [0.15, 0.2) is 0 Å². The van der Waals surface area contributed by atoms with Crippen LogP contribution in [0.1, 0.15) is 30.5 Å². The van der Waals surface area contributed by atoms with Crippen molar-refractivity contribution < 1.29 is 27.4 Å². The third kappa shape index (κ3) is 6.05. The van der Waals surface area contributed by atoms with E-state index < -0.39 is 12.3 Å². The summed E-state index contributed by atoms with van der Waals surface area (Å²) in [5.41, 5.74) is 3.61. The molecule has 1 atom stereocenters. The van der Waals surface area contributed by atoms with Gasteiger partial charge in [0.05, 0.1) is 24.2 Å². The number of anilines is 2. The van der Waals surface area contributed by atoms with Gasteiger partial charge in [-0.15, -0.1) is 18.1 Å². The van der Waals surface area contributed by atoms with E-state index in [1.807, 2.05) is 54.0 Å². The van der Waals surface area contributed by atoms with Crippen molar-refractivity contribution in [3.05, 3.63) is 82.8 Å². The highest BCUT2D eigenvalue weighted by atomic mass is 19.4. The lowest BCUT2D eigenvalue weighted by atomic mass is 10.1. The van der Waals surface area contributed by atoms with Crippen molar-refractivity contribution in [1.29, 1.82) is 0 Å². The van der Waals surface area contributed by atoms with Gasteiger partial charge in [0.2, 0.25) is 5.95 Å². The van der Waals surface area contributed by atoms with Crippen molar-refractivity contribution in [2.75, 3.05) is 12.4 Å². The summed E-state index contributed by atoms with van der Waals surface area (Å²) in [4.78, 5) is 26.5. The highest BCUT2D eigenvalue weighted by molar-refractivity contribution is 5.82. The van der Waals surface area contributed by atoms with Crippen molar-refractivity contribution in [2.24, 2.45) is 5.18 Å². The Morgan fingerprint density at radius 1 is 1.11 bits per heavy atom. The molecule has 4 aromatic rings. The average Bonchev–Trinajstić information content (AvgIpc) is 3.23. The number of halogens is 3. The number of aryl methyl sites for hydroxylation is 1. The molecule has 11 heteroatoms. The topological polar surface area (TPSA) is 94.8 Å². The number of hydrogen-bond acceptors (Lipinski definition) is 6. The number of carbonyl (C=O) groups excluding carboxylic acids is 1. The maximum Gasteiger partial charge on any atom is 0.573 e. The molecule has 3 aromatic carbocycles. The van der Waals surface area contributed by atoms with E-state index in [1.165, 1.54) is 24.3 Å². The number of hydrogen-bond donors (Lipinski definition) is 1. The maximum atomic E-state index is 12.5. The van der Waals surface area contributed by atoms with Crippen LogP contribution in [0.4, 0.5) is 24.8 Å². The average molecular weight is 512 g/mol. The summed E-state index contributed by atoms with van der Waals surface area (Å²) in [6, 6.07) is 18.2. The molecule has 0 aliphatic rings. The third-order valence-corrected chi connectivity index (χ3v) is 5.80. The van der Waals surface area contributed by atoms with Gasteiger partial charge in [-0.05, 0) is 61.4 Å². The van der Waals surface area contributed by atoms with Crippen LogP contribution in [-0.4, -0.2) is 28.9 Å². The van der Waals surface area contributed by atoms with Gasteiger partial charge >= 0.3 is 6.36 Å². The highest BCUT2D eigenvalue weighted by Crippen LogP contribution is 2.35. The second-order valence-electron chi connectivity index (χ2n) is 8.23. The summed E-state index contributed by atoms with van der Waals surface area (Å²) in [6.07, 6.45) is -4.46. The van der Waals surface area contributed by atoms with Crippen LogP contribution in [0.3, 0.4) is 0 Å². The van der Waals surface area contributed by atoms with E-state index in [0.29, 0.717) is 29.3 Å². The molecule has 0 radical (unpaired) electrons. The SMILES string of the molecule is COc1ccccc1C(C)n1c(Nc2ccc(OC(F)(F)F)cc2)nc2cc(CCC(=O)N=O)ccc21. The van der Waals surface area contributed by atoms with Gasteiger partial charge in [-0.2, -0.15) is 0 Å². The van der Waals surface area contributed by atoms with Crippen molar-refractivity contribution in [2.45, 2.75) is 32.2 Å². The van der Waals surface area contributed by atoms with Crippen LogP contribution < -0.4 is 14.8 Å². The zero-order chi connectivity index (χ0) is 26.6. The molecule has 1 aromatic heterocycles. The Balaban J connectivity index is 1.74. The molecule has 37 heavy (non-hydrogen) atoms. The molecule has 1 amide bonds. The molecule has 0 spiro atoms. The number of aromatic nitrogens is 2. The largest absolute Gasteiger partial charge is 0.573 e. The standard InChI is InChI=1S/C26H23F3N4O4/c1-16(20-5-3-4-6-23(20)36-2)33-22-13-7-17(8-14-24(34)32-35)15-21(22)31-25(33)30-18-9-11-19(12-10-18)37-26(27,28)29/h3-7,9-13,15-16H,8,14H2,1-2H3,(H,30,31). The first kappa shape index (κ1) is 25.7. The first-order valence-corrected chi connectivity index (χ1v) is 11.3. The molecule has 192 valence electrons. The summed E-state index contributed by atoms with van der Waals surface area (Å²) >= 11 is 0. The summed E-state index contributed by atoms with van der Waals surface area (Å²) in [7, 11) is 1.59. The van der Waals surface area contributed by atoms with Crippen molar-refractivity contribution in [3.63, 3.8) is 0 Å². The Kier molecular flexibility index (Phi) is 7.42. The predicted octanol–water partition coefficient (Wildman–Crippen LogP) is 6.52. The molecule has 0 bridgehead atoms. The molecule has 0 saturated carbocycles. The van der Waals surface area contributed by atoms with Crippen LogP contribution in [-0.2, 0) is 11.2 Å². The minimum atomic E-state index is -4.78. The lowest BCUT2D eigenvalue weighted by Crippen LogP contribution is -2.17. The van der Waals surface area contributed by atoms with Crippen molar-refractivity contribution in [1.82, 2.24) is 9.55 Å². The lowest BCUT2D eigenvalue weighted by molar-refractivity contribution is -0.274. The van der Waals surface area contributed by atoms with E-state index in [-0.39, 0.29) is 18.2 Å². The van der Waals surface area contributed by atoms with Crippen molar-refractivity contribution >= 4 is 28.6 Å². The fourth-order valence-corrected chi connectivity index (χ4v) is 4.10. The van der Waals surface area contributed by atoms with Gasteiger partial charge in [0, 0.05) is 22.8 Å². The van der Waals surface area contributed by atoms with E-state index in [9.17, 15) is 22.9 Å². The van der Waals surface area contributed by atoms with Gasteiger partial charge in [-0.1, -0.05) is 24.3 Å². The van der Waals surface area contributed by atoms with Crippen LogP contribution in [0, 0.1) is 4.91 Å². The number of imidazole rings is 1. The molecule has 0 fully saturated rings. The molecule has 1 heterocycles. The maximum absolute atomic E-state index is 12.5. The number of nitroso groups, excluding NO2 is 1. The Morgan fingerprint density at radius 3 is 2.51 bits per heavy atom. The quantitative estimate of drug-likeness (QED) is 0.257. The van der Waals surface area contributed by atoms with E-state index in [1.54, 1.807) is 7.11 Å². The van der Waals surface area contributed by atoms with Gasteiger partial charge in [0.1, 0.15) is 11.5 Å². The molecule has 8 nitrogen and oxygen atoms in total. The first-order chi connectivity index (χ1) is 17.7. The van der Waals surface area contributed by atoms with Crippen LogP contribution in [0.25, 0.3) is 11.0 Å². The number of amides is 1. The minimum Gasteiger partial charge on any atom is -0.496 e. The Bertz CT molecular complexity index is 1420. The Morgan fingerprint density at radius 2 is 1.84 bits per heavy atom. The van der Waals surface area contributed by atoms with E-state index in [2.05, 4.69) is 15.2 Å². The summed E-state index contributed by atoms with van der Waals surface area (Å²) in [5, 5.41) is 5.61. The number of para-hydroxylation sites is 1. The zero-order valence-electron chi connectivity index (χ0n) is 20.0. The van der Waals surface area contributed by atoms with Gasteiger partial charge in [0.25, 0.3) is 5.91 Å². The second-order valence-corrected chi connectivity index (χ2v) is 8.23. The van der Waals surface area contributed by atoms with E-state index in [0.717, 1.165) is 16.6 Å². The number of fused-ring (bicyclic) bond motifs is 1. The zero-order valence-corrected chi connectivity index (χ0v) is 20.0. The summed E-state index contributed by atoms with van der Waals surface area (Å²) in [6.45, 7) is 1.98. The molecule has 4 rings (SSSR count). The van der Waals surface area contributed by atoms with Gasteiger partial charge in [-0.3, -0.25) is 4.79 Å². The summed E-state index contributed by atoms with van der Waals surface area (Å²) < 4.78 is 49.0. The first-order valence-electron chi connectivity index (χ1n) is 11.3. The fraction of sp³-hybridized carbons (Fsp3) is 0.231. The molecular formula is C26H23F3N4O4. The molecular weight excluding hydrogens is 489 g/mol. The molecule has 0 aliphatic carbocycles. The second kappa shape index (κ2) is 10.7. The molecule has 0 aliphatic heterocycles. The monoisotopic (exact) mass is 512 g/mol. The predicted molar refractivity (Wildman–Crippen MR) is 132 cm³/mol. The van der Waals surface area contributed by atoms with E-state index in [4.69, 9.17) is 9.72 Å². The highest BCUT2D eigenvalue weighted by Gasteiger charge is 2.31.